The molecule has 0 radical (unpaired) electrons. The van der Waals surface area contributed by atoms with Gasteiger partial charge in [-0.1, -0.05) is 12.1 Å². The maximum Gasteiger partial charge on any atom is 0.317 e. The number of isothiocyanates is 1. The number of aliphatic imine (C=N–C) groups is 1. The summed E-state index contributed by atoms with van der Waals surface area (Å²) >= 11 is 4.57. The summed E-state index contributed by atoms with van der Waals surface area (Å²) in [6, 6.07) is 5.85. The first-order chi connectivity index (χ1) is 17.4. The van der Waals surface area contributed by atoms with Crippen molar-refractivity contribution in [2.45, 2.75) is 12.5 Å². The number of hydrogen-bond acceptors (Lipinski definition) is 10. The van der Waals surface area contributed by atoms with Gasteiger partial charge >= 0.3 is 29.8 Å². The molecule has 37 heavy (non-hydrogen) atoms. The standard InChI is InChI=1S/C22H28N4O10S/c27-18(28)9-24(5-6-25(10-19(29)30)11-20(31)32)8-17(26(12-21(33)34)13-22(35)36)7-15-1-3-16(4-2-15)23-14-37/h1-4,17H,5-13H2,(H,27,28)(H,29,30)(H,31,32)(H,33,34)(H,35,36). The predicted molar refractivity (Wildman–Crippen MR) is 131 cm³/mol. The number of aliphatic carboxylic acids is 5. The molecule has 0 heterocycles. The number of thiocarbonyl (C=S) groups is 1. The number of carbonyl (C=O) groups is 5. The average molecular weight is 541 g/mol. The molecule has 0 amide bonds. The molecule has 0 aliphatic rings. The van der Waals surface area contributed by atoms with E-state index in [-0.39, 0.29) is 26.1 Å². The molecule has 15 heteroatoms. The van der Waals surface area contributed by atoms with Crippen molar-refractivity contribution in [1.29, 1.82) is 0 Å². The van der Waals surface area contributed by atoms with Crippen LogP contribution in [0.1, 0.15) is 5.56 Å². The Balaban J connectivity index is 3.24. The molecule has 0 spiro atoms. The smallest absolute Gasteiger partial charge is 0.317 e. The van der Waals surface area contributed by atoms with Crippen molar-refractivity contribution < 1.29 is 49.5 Å². The van der Waals surface area contributed by atoms with Crippen LogP contribution >= 0.6 is 12.2 Å². The van der Waals surface area contributed by atoms with Crippen LogP contribution in [0.4, 0.5) is 5.69 Å². The second-order valence-corrected chi connectivity index (χ2v) is 8.23. The number of nitrogens with zero attached hydrogens (tertiary/aromatic N) is 4. The highest BCUT2D eigenvalue weighted by atomic mass is 32.1. The van der Waals surface area contributed by atoms with E-state index in [2.05, 4.69) is 22.4 Å². The first kappa shape index (κ1) is 31.3. The molecule has 0 saturated heterocycles. The molecule has 0 fully saturated rings. The fraction of sp³-hybridized carbons (Fsp3) is 0.455. The molecular weight excluding hydrogens is 512 g/mol. The zero-order valence-corrected chi connectivity index (χ0v) is 20.5. The minimum atomic E-state index is -1.28. The van der Waals surface area contributed by atoms with Gasteiger partial charge in [0, 0.05) is 25.7 Å². The fourth-order valence-corrected chi connectivity index (χ4v) is 3.71. The Morgan fingerprint density at radius 3 is 1.59 bits per heavy atom. The molecular formula is C22H28N4O10S. The lowest BCUT2D eigenvalue weighted by Gasteiger charge is -2.34. The molecule has 0 aromatic heterocycles. The van der Waals surface area contributed by atoms with Gasteiger partial charge in [0.15, 0.2) is 0 Å². The molecule has 202 valence electrons. The molecule has 1 atom stereocenters. The Morgan fingerprint density at radius 2 is 1.16 bits per heavy atom. The summed E-state index contributed by atoms with van der Waals surface area (Å²) in [5.41, 5.74) is 1.20. The molecule has 5 N–H and O–H groups in total. The summed E-state index contributed by atoms with van der Waals surface area (Å²) in [5, 5.41) is 48.4. The van der Waals surface area contributed by atoms with E-state index in [9.17, 15) is 39.3 Å². The lowest BCUT2D eigenvalue weighted by Crippen LogP contribution is -2.51. The third-order valence-electron chi connectivity index (χ3n) is 5.05. The zero-order valence-electron chi connectivity index (χ0n) is 19.7. The minimum absolute atomic E-state index is 0.0698. The van der Waals surface area contributed by atoms with E-state index < -0.39 is 68.6 Å². The summed E-state index contributed by atoms with van der Waals surface area (Å²) in [6.07, 6.45) is 0.145. The van der Waals surface area contributed by atoms with Gasteiger partial charge in [-0.05, 0) is 36.3 Å². The summed E-state index contributed by atoms with van der Waals surface area (Å²) in [6.45, 7) is -3.23. The maximum atomic E-state index is 11.5. The topological polar surface area (TPSA) is 209 Å². The molecule has 0 bridgehead atoms. The zero-order chi connectivity index (χ0) is 28.0. The highest BCUT2D eigenvalue weighted by molar-refractivity contribution is 7.78. The van der Waals surface area contributed by atoms with Gasteiger partial charge in [-0.25, -0.2) is 0 Å². The number of carboxylic acids is 5. The number of rotatable bonds is 19. The van der Waals surface area contributed by atoms with Gasteiger partial charge in [0.05, 0.1) is 43.6 Å². The summed E-state index contributed by atoms with van der Waals surface area (Å²) in [4.78, 5) is 64.1. The van der Waals surface area contributed by atoms with Crippen LogP contribution in [0.3, 0.4) is 0 Å². The van der Waals surface area contributed by atoms with E-state index in [1.807, 2.05) is 0 Å². The van der Waals surface area contributed by atoms with Crippen LogP contribution in [0.5, 0.6) is 0 Å². The van der Waals surface area contributed by atoms with E-state index in [1.165, 1.54) is 9.80 Å². The van der Waals surface area contributed by atoms with E-state index in [0.29, 0.717) is 11.3 Å². The van der Waals surface area contributed by atoms with Crippen LogP contribution in [0.15, 0.2) is 29.3 Å². The van der Waals surface area contributed by atoms with Crippen LogP contribution in [-0.2, 0) is 30.4 Å². The Hall–Kier alpha value is -3.75. The summed E-state index contributed by atoms with van der Waals surface area (Å²) < 4.78 is 0. The molecule has 1 aromatic carbocycles. The Bertz CT molecular complexity index is 981. The van der Waals surface area contributed by atoms with Crippen molar-refractivity contribution in [2.24, 2.45) is 4.99 Å². The van der Waals surface area contributed by atoms with E-state index in [4.69, 9.17) is 10.2 Å². The minimum Gasteiger partial charge on any atom is -0.480 e. The molecule has 14 nitrogen and oxygen atoms in total. The quantitative estimate of drug-likeness (QED) is 0.112. The van der Waals surface area contributed by atoms with Crippen molar-refractivity contribution in [3.8, 4) is 0 Å². The van der Waals surface area contributed by atoms with Gasteiger partial charge in [0.2, 0.25) is 0 Å². The molecule has 0 aliphatic heterocycles. The Labute approximate surface area is 217 Å². The largest absolute Gasteiger partial charge is 0.480 e. The van der Waals surface area contributed by atoms with Gasteiger partial charge in [0.1, 0.15) is 0 Å². The maximum absolute atomic E-state index is 11.5. The average Bonchev–Trinajstić information content (AvgIpc) is 2.76. The van der Waals surface area contributed by atoms with E-state index >= 15 is 0 Å². The van der Waals surface area contributed by atoms with Gasteiger partial charge < -0.3 is 25.5 Å². The highest BCUT2D eigenvalue weighted by Gasteiger charge is 2.27. The molecule has 0 saturated carbocycles. The van der Waals surface area contributed by atoms with Crippen molar-refractivity contribution in [3.63, 3.8) is 0 Å². The fourth-order valence-electron chi connectivity index (χ4n) is 3.61. The number of benzene rings is 1. The highest BCUT2D eigenvalue weighted by Crippen LogP contribution is 2.16. The summed E-state index contributed by atoms with van der Waals surface area (Å²) in [5.74, 6) is -6.32. The summed E-state index contributed by atoms with van der Waals surface area (Å²) in [7, 11) is 0. The molecule has 1 aromatic rings. The van der Waals surface area contributed by atoms with Crippen LogP contribution in [0, 0.1) is 0 Å². The lowest BCUT2D eigenvalue weighted by molar-refractivity contribution is -0.144. The first-order valence-electron chi connectivity index (χ1n) is 10.8. The third-order valence-corrected chi connectivity index (χ3v) is 5.14. The van der Waals surface area contributed by atoms with Crippen LogP contribution in [0.25, 0.3) is 0 Å². The van der Waals surface area contributed by atoms with Crippen molar-refractivity contribution >= 4 is 52.9 Å². The SMILES string of the molecule is O=C(O)CN(CCN(CC(=O)O)CC(Cc1ccc(N=C=S)cc1)N(CC(=O)O)CC(=O)O)CC(=O)O. The Kier molecular flexibility index (Phi) is 13.6. The second-order valence-electron chi connectivity index (χ2n) is 8.05. The van der Waals surface area contributed by atoms with E-state index in [0.717, 1.165) is 4.90 Å². The molecule has 1 unspecified atom stereocenters. The van der Waals surface area contributed by atoms with Crippen molar-refractivity contribution in [2.75, 3.05) is 52.4 Å². The van der Waals surface area contributed by atoms with Gasteiger partial charge in [-0.15, -0.1) is 0 Å². The predicted octanol–water partition coefficient (Wildman–Crippen LogP) is -0.339. The van der Waals surface area contributed by atoms with Crippen molar-refractivity contribution in [3.05, 3.63) is 29.8 Å². The molecule has 0 aliphatic carbocycles. The van der Waals surface area contributed by atoms with Gasteiger partial charge in [0.25, 0.3) is 0 Å². The van der Waals surface area contributed by atoms with Crippen molar-refractivity contribution in [1.82, 2.24) is 14.7 Å². The van der Waals surface area contributed by atoms with Gasteiger partial charge in [-0.2, -0.15) is 4.99 Å². The van der Waals surface area contributed by atoms with Crippen LogP contribution in [-0.4, -0.2) is 134 Å². The Morgan fingerprint density at radius 1 is 0.730 bits per heavy atom. The van der Waals surface area contributed by atoms with Crippen LogP contribution < -0.4 is 0 Å². The lowest BCUT2D eigenvalue weighted by atomic mass is 10.0. The number of carboxylic acid groups (broad SMARTS) is 5. The molecule has 1 rings (SSSR count). The first-order valence-corrected chi connectivity index (χ1v) is 11.2. The number of hydrogen-bond donors (Lipinski definition) is 5. The van der Waals surface area contributed by atoms with Gasteiger partial charge in [-0.3, -0.25) is 38.7 Å². The third kappa shape index (κ3) is 13.8. The van der Waals surface area contributed by atoms with Crippen LogP contribution in [0.2, 0.25) is 0 Å². The normalized spacial score (nSPS) is 11.8. The van der Waals surface area contributed by atoms with E-state index in [1.54, 1.807) is 24.3 Å². The second kappa shape index (κ2) is 16.1. The monoisotopic (exact) mass is 540 g/mol.